The molecule has 0 aliphatic rings. The van der Waals surface area contributed by atoms with Gasteiger partial charge in [-0.15, -0.1) is 20.4 Å². The molecule has 194 valence electrons. The summed E-state index contributed by atoms with van der Waals surface area (Å²) in [4.78, 5) is 0. The average Bonchev–Trinajstić information content (AvgIpc) is 2.93. The second-order valence-electron chi connectivity index (χ2n) is 7.82. The monoisotopic (exact) mass is 510 g/mol. The Morgan fingerprint density at radius 2 is 0.974 bits per heavy atom. The first-order valence-corrected chi connectivity index (χ1v) is 11.5. The Balaban J connectivity index is 1.94. The van der Waals surface area contributed by atoms with Crippen LogP contribution in [-0.4, -0.2) is 37.6 Å². The summed E-state index contributed by atoms with van der Waals surface area (Å²) in [5.74, 6) is 1.19. The fraction of sp³-hybridized carbons (Fsp3) is 0.0714. The summed E-state index contributed by atoms with van der Waals surface area (Å²) in [6, 6.07) is 22.7. The molecule has 0 fully saturated rings. The van der Waals surface area contributed by atoms with Crippen LogP contribution in [0.25, 0.3) is 12.2 Å². The molecule has 0 bridgehead atoms. The molecule has 0 unspecified atom stereocenters. The highest BCUT2D eigenvalue weighted by Gasteiger charge is 2.05. The van der Waals surface area contributed by atoms with Gasteiger partial charge in [-0.2, -0.15) is 0 Å². The molecule has 10 heteroatoms. The van der Waals surface area contributed by atoms with E-state index in [1.54, 1.807) is 14.2 Å². The standard InChI is InChI=1S/C28H30N8O2/c1-37-23-7-3-5-19(17-23)9-15-25(33-35-27(29)30)21-11-13-22(14-12-21)26(34-36-28(31)32)16-10-20-6-4-8-24(18-20)38-2/h3-18H,1-2H3,(H4,29,30,35)(H4,31,32,36)/b15-9+,16-10+,33-25+,34-26+. The van der Waals surface area contributed by atoms with Gasteiger partial charge in [0.25, 0.3) is 0 Å². The van der Waals surface area contributed by atoms with Gasteiger partial charge in [-0.25, -0.2) is 0 Å². The summed E-state index contributed by atoms with van der Waals surface area (Å²) < 4.78 is 10.6. The molecule has 8 N–H and O–H groups in total. The number of nitrogens with zero attached hydrogens (tertiary/aromatic N) is 4. The Bertz CT molecular complexity index is 1300. The van der Waals surface area contributed by atoms with Gasteiger partial charge < -0.3 is 32.4 Å². The topological polar surface area (TPSA) is 172 Å². The lowest BCUT2D eigenvalue weighted by molar-refractivity contribution is 0.414. The molecule has 3 aromatic carbocycles. The largest absolute Gasteiger partial charge is 0.497 e. The number of hydrogen-bond acceptors (Lipinski definition) is 6. The first-order chi connectivity index (χ1) is 18.4. The molecule has 0 spiro atoms. The number of guanidine groups is 2. The van der Waals surface area contributed by atoms with Crippen molar-refractivity contribution >= 4 is 35.5 Å². The Hall–Kier alpha value is -5.38. The zero-order valence-corrected chi connectivity index (χ0v) is 21.2. The third kappa shape index (κ3) is 8.38. The van der Waals surface area contributed by atoms with Crippen LogP contribution in [0.1, 0.15) is 22.3 Å². The summed E-state index contributed by atoms with van der Waals surface area (Å²) in [5.41, 5.74) is 26.5. The number of nitrogens with two attached hydrogens (primary N) is 4. The molecule has 0 aromatic heterocycles. The maximum Gasteiger partial charge on any atom is 0.211 e. The van der Waals surface area contributed by atoms with Gasteiger partial charge in [0.05, 0.1) is 25.6 Å². The van der Waals surface area contributed by atoms with Gasteiger partial charge in [-0.3, -0.25) is 0 Å². The number of rotatable bonds is 10. The number of hydrogen-bond donors (Lipinski definition) is 4. The van der Waals surface area contributed by atoms with E-state index >= 15 is 0 Å². The van der Waals surface area contributed by atoms with E-state index in [1.165, 1.54) is 0 Å². The molecule has 3 aromatic rings. The van der Waals surface area contributed by atoms with E-state index in [2.05, 4.69) is 20.4 Å². The predicted molar refractivity (Wildman–Crippen MR) is 155 cm³/mol. The molecule has 0 radical (unpaired) electrons. The van der Waals surface area contributed by atoms with Crippen LogP contribution in [0.3, 0.4) is 0 Å². The minimum atomic E-state index is -0.150. The van der Waals surface area contributed by atoms with Crippen LogP contribution in [0.15, 0.2) is 105 Å². The fourth-order valence-electron chi connectivity index (χ4n) is 3.25. The van der Waals surface area contributed by atoms with Crippen LogP contribution in [0.4, 0.5) is 0 Å². The molecule has 0 atom stereocenters. The minimum Gasteiger partial charge on any atom is -0.497 e. The van der Waals surface area contributed by atoms with E-state index in [1.807, 2.05) is 97.1 Å². The van der Waals surface area contributed by atoms with Crippen LogP contribution < -0.4 is 32.4 Å². The Morgan fingerprint density at radius 3 is 1.32 bits per heavy atom. The van der Waals surface area contributed by atoms with E-state index in [0.717, 1.165) is 33.8 Å². The quantitative estimate of drug-likeness (QED) is 0.185. The highest BCUT2D eigenvalue weighted by molar-refractivity contribution is 6.13. The third-order valence-corrected chi connectivity index (χ3v) is 5.08. The van der Waals surface area contributed by atoms with Crippen molar-refractivity contribution in [3.63, 3.8) is 0 Å². The average molecular weight is 511 g/mol. The van der Waals surface area contributed by atoms with Crippen LogP contribution in [-0.2, 0) is 0 Å². The summed E-state index contributed by atoms with van der Waals surface area (Å²) in [6.45, 7) is 0. The fourth-order valence-corrected chi connectivity index (χ4v) is 3.25. The molecule has 0 saturated heterocycles. The molecule has 0 heterocycles. The van der Waals surface area contributed by atoms with Gasteiger partial charge in [0.15, 0.2) is 0 Å². The summed E-state index contributed by atoms with van der Waals surface area (Å²) in [7, 11) is 3.24. The molecule has 3 rings (SSSR count). The zero-order valence-electron chi connectivity index (χ0n) is 21.2. The van der Waals surface area contributed by atoms with Crippen molar-refractivity contribution in [1.82, 2.24) is 0 Å². The Labute approximate surface area is 221 Å². The molecular weight excluding hydrogens is 480 g/mol. The van der Waals surface area contributed by atoms with Crippen molar-refractivity contribution in [2.75, 3.05) is 14.2 Å². The summed E-state index contributed by atoms with van der Waals surface area (Å²) in [6.07, 6.45) is 7.40. The summed E-state index contributed by atoms with van der Waals surface area (Å²) in [5, 5.41) is 16.1. The minimum absolute atomic E-state index is 0.150. The van der Waals surface area contributed by atoms with Crippen molar-refractivity contribution in [1.29, 1.82) is 0 Å². The lowest BCUT2D eigenvalue weighted by Gasteiger charge is -2.05. The van der Waals surface area contributed by atoms with Crippen molar-refractivity contribution in [3.05, 3.63) is 107 Å². The van der Waals surface area contributed by atoms with Gasteiger partial charge in [-0.05, 0) is 47.5 Å². The third-order valence-electron chi connectivity index (χ3n) is 5.08. The number of allylic oxidation sites excluding steroid dienone is 2. The molecular formula is C28H30N8O2. The van der Waals surface area contributed by atoms with Crippen molar-refractivity contribution in [2.45, 2.75) is 0 Å². The van der Waals surface area contributed by atoms with E-state index in [9.17, 15) is 0 Å². The van der Waals surface area contributed by atoms with Gasteiger partial charge in [0.1, 0.15) is 11.5 Å². The second kappa shape index (κ2) is 13.6. The lowest BCUT2D eigenvalue weighted by atomic mass is 10.0. The first kappa shape index (κ1) is 27.2. The van der Waals surface area contributed by atoms with Gasteiger partial charge in [-0.1, -0.05) is 60.7 Å². The maximum absolute atomic E-state index is 5.50. The first-order valence-electron chi connectivity index (χ1n) is 11.5. The number of benzene rings is 3. The second-order valence-corrected chi connectivity index (χ2v) is 7.82. The van der Waals surface area contributed by atoms with Crippen LogP contribution in [0.5, 0.6) is 11.5 Å². The lowest BCUT2D eigenvalue weighted by Crippen LogP contribution is -2.22. The molecule has 10 nitrogen and oxygen atoms in total. The number of methoxy groups -OCH3 is 2. The highest BCUT2D eigenvalue weighted by atomic mass is 16.5. The van der Waals surface area contributed by atoms with E-state index < -0.39 is 0 Å². The van der Waals surface area contributed by atoms with Crippen molar-refractivity contribution in [2.24, 2.45) is 43.3 Å². The van der Waals surface area contributed by atoms with Crippen molar-refractivity contribution < 1.29 is 9.47 Å². The summed E-state index contributed by atoms with van der Waals surface area (Å²) >= 11 is 0. The zero-order chi connectivity index (χ0) is 27.3. The maximum atomic E-state index is 5.50. The van der Waals surface area contributed by atoms with Gasteiger partial charge in [0.2, 0.25) is 11.9 Å². The van der Waals surface area contributed by atoms with Gasteiger partial charge >= 0.3 is 0 Å². The van der Waals surface area contributed by atoms with Crippen LogP contribution in [0, 0.1) is 0 Å². The highest BCUT2D eigenvalue weighted by Crippen LogP contribution is 2.17. The van der Waals surface area contributed by atoms with E-state index in [0.29, 0.717) is 11.4 Å². The molecule has 0 saturated carbocycles. The van der Waals surface area contributed by atoms with E-state index in [4.69, 9.17) is 32.4 Å². The SMILES string of the molecule is COc1cccc(/C=C/C(=N\N=C(N)N)c2ccc(C(/C=C/c3cccc(OC)c3)=N/N=C(N)N)cc2)c1. The van der Waals surface area contributed by atoms with Crippen molar-refractivity contribution in [3.8, 4) is 11.5 Å². The molecule has 38 heavy (non-hydrogen) atoms. The predicted octanol–water partition coefficient (Wildman–Crippen LogP) is 3.09. The van der Waals surface area contributed by atoms with Crippen LogP contribution in [0.2, 0.25) is 0 Å². The smallest absolute Gasteiger partial charge is 0.211 e. The Kier molecular flexibility index (Phi) is 9.77. The molecule has 0 aliphatic carbocycles. The molecule has 0 aliphatic heterocycles. The molecule has 0 amide bonds. The van der Waals surface area contributed by atoms with Gasteiger partial charge in [0, 0.05) is 11.1 Å². The number of ether oxygens (including phenoxy) is 2. The van der Waals surface area contributed by atoms with Crippen LogP contribution >= 0.6 is 0 Å². The van der Waals surface area contributed by atoms with E-state index in [-0.39, 0.29) is 11.9 Å². The normalized spacial score (nSPS) is 11.9. The Morgan fingerprint density at radius 1 is 0.579 bits per heavy atom.